The zero-order valence-electron chi connectivity index (χ0n) is 12.6. The molecule has 0 amide bonds. The van der Waals surface area contributed by atoms with Gasteiger partial charge < -0.3 is 4.43 Å². The van der Waals surface area contributed by atoms with Crippen molar-refractivity contribution in [3.05, 3.63) is 0 Å². The zero-order valence-corrected chi connectivity index (χ0v) is 16.4. The predicted molar refractivity (Wildman–Crippen MR) is 86.7 cm³/mol. The Bertz CT molecular complexity index is 291. The molecule has 0 aromatic carbocycles. The van der Waals surface area contributed by atoms with E-state index in [1.165, 1.54) is 12.1 Å². The first kappa shape index (κ1) is 16.0. The summed E-state index contributed by atoms with van der Waals surface area (Å²) in [5.41, 5.74) is 0.117. The Morgan fingerprint density at radius 3 is 2.12 bits per heavy atom. The number of hydrogen-bond donors (Lipinski definition) is 0. The smallest absolute Gasteiger partial charge is 0.175 e. The zero-order chi connectivity index (χ0) is 13.5. The second-order valence-corrected chi connectivity index (χ2v) is 34.7. The molecule has 1 unspecified atom stereocenters. The van der Waals surface area contributed by atoms with Crippen LogP contribution in [0.4, 0.5) is 0 Å². The molecule has 0 aromatic rings. The Hall–Kier alpha value is 0.901. The molecule has 0 N–H and O–H groups in total. The Labute approximate surface area is 115 Å². The molecule has 1 nitrogen and oxygen atoms in total. The third-order valence-corrected chi connectivity index (χ3v) is 46.0. The van der Waals surface area contributed by atoms with E-state index in [4.69, 9.17) is 16.0 Å². The fourth-order valence-corrected chi connectivity index (χ4v) is 37.4. The first-order chi connectivity index (χ1) is 7.47. The molecule has 0 aliphatic carbocycles. The molecule has 1 aliphatic rings. The van der Waals surface area contributed by atoms with Gasteiger partial charge in [0, 0.05) is 19.1 Å². The van der Waals surface area contributed by atoms with Gasteiger partial charge in [-0.25, -0.2) is 0 Å². The third kappa shape index (κ3) is 2.91. The van der Waals surface area contributed by atoms with Crippen molar-refractivity contribution in [3.63, 3.8) is 0 Å². The summed E-state index contributed by atoms with van der Waals surface area (Å²) in [5.74, 6) is 0.791. The number of hydrogen-bond acceptors (Lipinski definition) is 1. The fraction of sp³-hybridized carbons (Fsp3) is 1.00. The summed E-state index contributed by atoms with van der Waals surface area (Å²) in [4.78, 5) is 0. The Kier molecular flexibility index (Phi) is 4.49. The van der Waals surface area contributed by atoms with Gasteiger partial charge in [-0.1, -0.05) is 26.2 Å². The Morgan fingerprint density at radius 2 is 1.65 bits per heavy atom. The Morgan fingerprint density at radius 1 is 1.12 bits per heavy atom. The lowest BCUT2D eigenvalue weighted by atomic mass is 10.2. The number of rotatable bonds is 3. The number of halogens is 1. The maximum absolute atomic E-state index is 6.69. The summed E-state index contributed by atoms with van der Waals surface area (Å²) >= 11 is 5.91. The highest BCUT2D eigenvalue weighted by Crippen LogP contribution is 2.45. The van der Waals surface area contributed by atoms with Gasteiger partial charge in [-0.3, -0.25) is 0 Å². The van der Waals surface area contributed by atoms with E-state index in [9.17, 15) is 0 Å². The van der Waals surface area contributed by atoms with Crippen LogP contribution >= 0.6 is 11.6 Å². The van der Waals surface area contributed by atoms with E-state index in [0.717, 1.165) is 12.3 Å². The van der Waals surface area contributed by atoms with Crippen LogP contribution in [0.3, 0.4) is 0 Å². The number of alkyl halides is 1. The first-order valence-electron chi connectivity index (χ1n) is 6.74. The minimum atomic E-state index is -1.54. The molecular formula is C12H29ClOSi3. The molecule has 0 spiro atoms. The van der Waals surface area contributed by atoms with Gasteiger partial charge in [0.2, 0.25) is 0 Å². The molecule has 1 fully saturated rings. The topological polar surface area (TPSA) is 9.23 Å². The summed E-state index contributed by atoms with van der Waals surface area (Å²) in [5, 5.41) is 0. The molecule has 17 heavy (non-hydrogen) atoms. The van der Waals surface area contributed by atoms with Crippen LogP contribution in [-0.4, -0.2) is 34.0 Å². The van der Waals surface area contributed by atoms with Crippen LogP contribution in [0.1, 0.15) is 20.3 Å². The van der Waals surface area contributed by atoms with Gasteiger partial charge in [-0.05, 0) is 38.9 Å². The van der Waals surface area contributed by atoms with Gasteiger partial charge in [0.25, 0.3) is 0 Å². The summed E-state index contributed by atoms with van der Waals surface area (Å²) in [7, 11) is -3.85. The largest absolute Gasteiger partial charge is 0.415 e. The highest BCUT2D eigenvalue weighted by atomic mass is 35.5. The molecule has 102 valence electrons. The van der Waals surface area contributed by atoms with Gasteiger partial charge in [0.15, 0.2) is 7.83 Å². The van der Waals surface area contributed by atoms with Gasteiger partial charge in [0.05, 0.1) is 7.11 Å². The average Bonchev–Trinajstić information content (AvgIpc) is 2.09. The van der Waals surface area contributed by atoms with Crippen LogP contribution in [0, 0.1) is 0 Å². The summed E-state index contributed by atoms with van der Waals surface area (Å²) in [6.07, 6.45) is 1.14. The maximum Gasteiger partial charge on any atom is 0.175 e. The van der Waals surface area contributed by atoms with Crippen molar-refractivity contribution in [2.75, 3.05) is 5.88 Å². The van der Waals surface area contributed by atoms with Crippen LogP contribution in [-0.2, 0) is 4.43 Å². The van der Waals surface area contributed by atoms with E-state index >= 15 is 0 Å². The monoisotopic (exact) mass is 308 g/mol. The van der Waals surface area contributed by atoms with E-state index < -0.39 is 22.5 Å². The van der Waals surface area contributed by atoms with Gasteiger partial charge in [-0.2, -0.15) is 0 Å². The summed E-state index contributed by atoms with van der Waals surface area (Å²) < 4.78 is 6.69. The normalized spacial score (nSPS) is 34.6. The highest BCUT2D eigenvalue weighted by molar-refractivity contribution is 7.67. The molecule has 1 aliphatic heterocycles. The first-order valence-corrected chi connectivity index (χ1v) is 18.1. The van der Waals surface area contributed by atoms with E-state index in [2.05, 4.69) is 46.6 Å². The fourth-order valence-electron chi connectivity index (χ4n) is 3.54. The van der Waals surface area contributed by atoms with Crippen molar-refractivity contribution in [2.24, 2.45) is 0 Å². The molecule has 0 radical (unpaired) electrons. The van der Waals surface area contributed by atoms with Crippen LogP contribution < -0.4 is 0 Å². The standard InChI is InChI=1S/C12H29ClOSi3/c1-12(2)11-15(3,4)16(5,6)17(7,14-12)10-8-9-13/h8-11H2,1-7H3. The minimum Gasteiger partial charge on any atom is -0.415 e. The Balaban J connectivity index is 3.08. The van der Waals surface area contributed by atoms with Crippen molar-refractivity contribution in [1.82, 2.24) is 0 Å². The van der Waals surface area contributed by atoms with Crippen molar-refractivity contribution >= 4 is 34.1 Å². The molecular weight excluding hydrogens is 280 g/mol. The van der Waals surface area contributed by atoms with E-state index in [1.54, 1.807) is 0 Å². The van der Waals surface area contributed by atoms with E-state index in [1.807, 2.05) is 0 Å². The maximum atomic E-state index is 6.69. The third-order valence-electron chi connectivity index (χ3n) is 5.17. The molecule has 1 rings (SSSR count). The summed E-state index contributed by atoms with van der Waals surface area (Å²) in [6.45, 7) is 17.5. The minimum absolute atomic E-state index is 0.117. The van der Waals surface area contributed by atoms with Crippen LogP contribution in [0.5, 0.6) is 0 Å². The van der Waals surface area contributed by atoms with Gasteiger partial charge in [0.1, 0.15) is 0 Å². The van der Waals surface area contributed by atoms with Crippen LogP contribution in [0.25, 0.3) is 0 Å². The molecule has 0 saturated carbocycles. The van der Waals surface area contributed by atoms with E-state index in [-0.39, 0.29) is 5.60 Å². The molecule has 0 aromatic heterocycles. The predicted octanol–water partition coefficient (Wildman–Crippen LogP) is 4.57. The lowest BCUT2D eigenvalue weighted by molar-refractivity contribution is 0.120. The SMILES string of the molecule is CC1(C)C[Si](C)(C)[Si](C)(C)[Si](C)(CCCCl)O1. The quantitative estimate of drug-likeness (QED) is 0.548. The van der Waals surface area contributed by atoms with E-state index in [0.29, 0.717) is 0 Å². The molecule has 5 heteroatoms. The highest BCUT2D eigenvalue weighted by Gasteiger charge is 2.61. The molecule has 1 atom stereocenters. The summed E-state index contributed by atoms with van der Waals surface area (Å²) in [6, 6.07) is 2.61. The van der Waals surface area contributed by atoms with Crippen molar-refractivity contribution < 1.29 is 4.43 Å². The lowest BCUT2D eigenvalue weighted by Crippen LogP contribution is -2.78. The van der Waals surface area contributed by atoms with Crippen molar-refractivity contribution in [1.29, 1.82) is 0 Å². The lowest BCUT2D eigenvalue weighted by Gasteiger charge is -2.59. The molecule has 1 heterocycles. The van der Waals surface area contributed by atoms with Crippen LogP contribution in [0.2, 0.25) is 44.8 Å². The van der Waals surface area contributed by atoms with Crippen LogP contribution in [0.15, 0.2) is 0 Å². The van der Waals surface area contributed by atoms with Gasteiger partial charge in [-0.15, -0.1) is 11.6 Å². The second kappa shape index (κ2) is 4.78. The van der Waals surface area contributed by atoms with Crippen molar-refractivity contribution in [2.45, 2.75) is 70.7 Å². The van der Waals surface area contributed by atoms with Gasteiger partial charge >= 0.3 is 0 Å². The molecule has 0 bridgehead atoms. The molecule has 1 saturated heterocycles. The average molecular weight is 309 g/mol. The second-order valence-electron chi connectivity index (χ2n) is 7.57. The van der Waals surface area contributed by atoms with Crippen molar-refractivity contribution in [3.8, 4) is 0 Å².